The Morgan fingerprint density at radius 1 is 1.00 bits per heavy atom. The molecule has 1 aliphatic heterocycles. The minimum absolute atomic E-state index is 0.0328. The second-order valence-corrected chi connectivity index (χ2v) is 8.33. The molecule has 1 heterocycles. The second-order valence-electron chi connectivity index (χ2n) is 7.41. The monoisotopic (exact) mass is 449 g/mol. The van der Waals surface area contributed by atoms with Gasteiger partial charge in [-0.2, -0.15) is 0 Å². The van der Waals surface area contributed by atoms with Crippen LogP contribution in [0.15, 0.2) is 77.3 Å². The van der Waals surface area contributed by atoms with Crippen molar-refractivity contribution in [3.05, 3.63) is 99.5 Å². The summed E-state index contributed by atoms with van der Waals surface area (Å²) in [7, 11) is 1.67. The molecule has 3 aromatic carbocycles. The number of rotatable bonds is 6. The van der Waals surface area contributed by atoms with E-state index in [0.717, 1.165) is 40.9 Å². The van der Waals surface area contributed by atoms with Crippen molar-refractivity contribution in [3.63, 3.8) is 0 Å². The molecule has 0 unspecified atom stereocenters. The number of hydrogen-bond acceptors (Lipinski definition) is 3. The predicted octanol–water partition coefficient (Wildman–Crippen LogP) is 5.83. The molecule has 0 saturated carbocycles. The van der Waals surface area contributed by atoms with Gasteiger partial charge in [0.15, 0.2) is 5.78 Å². The van der Waals surface area contributed by atoms with Crippen molar-refractivity contribution < 1.29 is 9.53 Å². The van der Waals surface area contributed by atoms with E-state index < -0.39 is 0 Å². The fourth-order valence-corrected chi connectivity index (χ4v) is 4.26. The van der Waals surface area contributed by atoms with Crippen LogP contribution in [0.5, 0.6) is 5.75 Å². The van der Waals surface area contributed by atoms with Crippen LogP contribution in [0.25, 0.3) is 0 Å². The second kappa shape index (κ2) is 8.93. The van der Waals surface area contributed by atoms with E-state index in [1.807, 2.05) is 36.4 Å². The molecule has 0 radical (unpaired) electrons. The van der Waals surface area contributed by atoms with E-state index in [9.17, 15) is 4.79 Å². The molecule has 4 rings (SSSR count). The number of fused-ring (bicyclic) bond motifs is 1. The first kappa shape index (κ1) is 19.9. The van der Waals surface area contributed by atoms with Crippen LogP contribution >= 0.6 is 15.9 Å². The van der Waals surface area contributed by atoms with Gasteiger partial charge in [-0.05, 0) is 47.4 Å². The zero-order valence-electron chi connectivity index (χ0n) is 16.5. The van der Waals surface area contributed by atoms with Crippen LogP contribution in [0, 0.1) is 0 Å². The van der Waals surface area contributed by atoms with Crippen LogP contribution in [-0.2, 0) is 13.0 Å². The first-order valence-electron chi connectivity index (χ1n) is 9.87. The third-order valence-electron chi connectivity index (χ3n) is 5.65. The Morgan fingerprint density at radius 3 is 2.38 bits per heavy atom. The molecule has 0 fully saturated rings. The van der Waals surface area contributed by atoms with Crippen molar-refractivity contribution in [1.29, 1.82) is 0 Å². The van der Waals surface area contributed by atoms with E-state index in [-0.39, 0.29) is 11.8 Å². The number of Topliss-reactive ketones (excluding diaryl/α,β-unsaturated/α-hetero) is 1. The summed E-state index contributed by atoms with van der Waals surface area (Å²) in [6.45, 7) is 1.81. The predicted molar refractivity (Wildman–Crippen MR) is 119 cm³/mol. The molecule has 0 aromatic heterocycles. The molecule has 0 aliphatic carbocycles. The lowest BCUT2D eigenvalue weighted by Crippen LogP contribution is -2.35. The lowest BCUT2D eigenvalue weighted by Gasteiger charge is -2.36. The van der Waals surface area contributed by atoms with Gasteiger partial charge in [-0.3, -0.25) is 9.69 Å². The van der Waals surface area contributed by atoms with Gasteiger partial charge in [0.1, 0.15) is 5.75 Å². The minimum Gasteiger partial charge on any atom is -0.497 e. The van der Waals surface area contributed by atoms with Crippen molar-refractivity contribution >= 4 is 21.7 Å². The Morgan fingerprint density at radius 2 is 1.69 bits per heavy atom. The number of benzene rings is 3. The number of carbonyl (C=O) groups is 1. The quantitative estimate of drug-likeness (QED) is 0.443. The first-order valence-corrected chi connectivity index (χ1v) is 10.7. The molecule has 1 aliphatic rings. The maximum atomic E-state index is 13.1. The normalized spacial score (nSPS) is 14.8. The van der Waals surface area contributed by atoms with Crippen LogP contribution in [0.2, 0.25) is 0 Å². The zero-order chi connectivity index (χ0) is 20.2. The Kier molecular flexibility index (Phi) is 6.12. The summed E-state index contributed by atoms with van der Waals surface area (Å²) in [5.74, 6) is 0.993. The van der Waals surface area contributed by atoms with Crippen molar-refractivity contribution in [2.24, 2.45) is 0 Å². The molecule has 0 amide bonds. The largest absolute Gasteiger partial charge is 0.497 e. The number of halogens is 1. The molecular weight excluding hydrogens is 426 g/mol. The van der Waals surface area contributed by atoms with Gasteiger partial charge in [-0.25, -0.2) is 0 Å². The lowest BCUT2D eigenvalue weighted by atomic mass is 9.92. The maximum absolute atomic E-state index is 13.1. The van der Waals surface area contributed by atoms with E-state index in [1.54, 1.807) is 7.11 Å². The summed E-state index contributed by atoms with van der Waals surface area (Å²) in [5.41, 5.74) is 4.67. The molecule has 4 heteroatoms. The highest BCUT2D eigenvalue weighted by Gasteiger charge is 2.27. The third kappa shape index (κ3) is 4.60. The molecule has 29 heavy (non-hydrogen) atoms. The van der Waals surface area contributed by atoms with Crippen LogP contribution in [0.4, 0.5) is 0 Å². The summed E-state index contributed by atoms with van der Waals surface area (Å²) in [6.07, 6.45) is 1.46. The lowest BCUT2D eigenvalue weighted by molar-refractivity contribution is 0.0903. The number of hydrogen-bond donors (Lipinski definition) is 0. The topological polar surface area (TPSA) is 29.5 Å². The smallest absolute Gasteiger partial charge is 0.164 e. The van der Waals surface area contributed by atoms with Gasteiger partial charge in [0.25, 0.3) is 0 Å². The van der Waals surface area contributed by atoms with E-state index in [4.69, 9.17) is 4.74 Å². The van der Waals surface area contributed by atoms with Gasteiger partial charge in [0.05, 0.1) is 7.11 Å². The molecule has 148 valence electrons. The standard InChI is InChI=1S/C25H24BrNO2/c1-29-23-12-8-19(9-13-23)24(16-25(28)20-6-10-22(26)11-7-20)27-15-14-18-4-2-3-5-21(18)17-27/h2-13,24H,14-17H2,1H3/t24-/m0/s1. The van der Waals surface area contributed by atoms with E-state index in [2.05, 4.69) is 57.2 Å². The number of ketones is 1. The number of nitrogens with zero attached hydrogens (tertiary/aromatic N) is 1. The molecule has 3 aromatic rings. The fourth-order valence-electron chi connectivity index (χ4n) is 4.00. The number of methoxy groups -OCH3 is 1. The van der Waals surface area contributed by atoms with Crippen molar-refractivity contribution in [2.75, 3.05) is 13.7 Å². The molecule has 0 N–H and O–H groups in total. The first-order chi connectivity index (χ1) is 14.1. The number of ether oxygens (including phenoxy) is 1. The average molecular weight is 450 g/mol. The van der Waals surface area contributed by atoms with Gasteiger partial charge in [0, 0.05) is 35.6 Å². The summed E-state index contributed by atoms with van der Waals surface area (Å²) in [5, 5.41) is 0. The van der Waals surface area contributed by atoms with Crippen LogP contribution in [-0.4, -0.2) is 24.3 Å². The van der Waals surface area contributed by atoms with Gasteiger partial charge >= 0.3 is 0 Å². The Labute approximate surface area is 180 Å². The molecule has 3 nitrogen and oxygen atoms in total. The minimum atomic E-state index is 0.0328. The Hall–Kier alpha value is -2.43. The zero-order valence-corrected chi connectivity index (χ0v) is 18.1. The average Bonchev–Trinajstić information content (AvgIpc) is 2.77. The van der Waals surface area contributed by atoms with Gasteiger partial charge in [0.2, 0.25) is 0 Å². The van der Waals surface area contributed by atoms with Crippen LogP contribution < -0.4 is 4.74 Å². The van der Waals surface area contributed by atoms with Gasteiger partial charge in [-0.15, -0.1) is 0 Å². The van der Waals surface area contributed by atoms with Crippen molar-refractivity contribution in [2.45, 2.75) is 25.4 Å². The molecule has 0 spiro atoms. The van der Waals surface area contributed by atoms with Crippen LogP contribution in [0.1, 0.15) is 39.5 Å². The number of carbonyl (C=O) groups excluding carboxylic acids is 1. The highest BCUT2D eigenvalue weighted by atomic mass is 79.9. The van der Waals surface area contributed by atoms with Crippen LogP contribution in [0.3, 0.4) is 0 Å². The van der Waals surface area contributed by atoms with Gasteiger partial charge < -0.3 is 4.74 Å². The summed E-state index contributed by atoms with van der Waals surface area (Å²) < 4.78 is 6.30. The molecule has 0 saturated heterocycles. The Balaban J connectivity index is 1.62. The Bertz CT molecular complexity index is 982. The highest BCUT2D eigenvalue weighted by molar-refractivity contribution is 9.10. The third-order valence-corrected chi connectivity index (χ3v) is 6.18. The van der Waals surface area contributed by atoms with Crippen molar-refractivity contribution in [3.8, 4) is 5.75 Å². The fraction of sp³-hybridized carbons (Fsp3) is 0.240. The summed E-state index contributed by atoms with van der Waals surface area (Å²) in [4.78, 5) is 15.5. The summed E-state index contributed by atoms with van der Waals surface area (Å²) >= 11 is 3.44. The molecule has 0 bridgehead atoms. The molecule has 1 atom stereocenters. The van der Waals surface area contributed by atoms with E-state index in [1.165, 1.54) is 11.1 Å². The molecular formula is C25H24BrNO2. The van der Waals surface area contributed by atoms with E-state index >= 15 is 0 Å². The highest BCUT2D eigenvalue weighted by Crippen LogP contribution is 2.32. The summed E-state index contributed by atoms with van der Waals surface area (Å²) in [6, 6.07) is 24.4. The van der Waals surface area contributed by atoms with E-state index in [0.29, 0.717) is 6.42 Å². The maximum Gasteiger partial charge on any atom is 0.164 e. The SMILES string of the molecule is COc1ccc([C@H](CC(=O)c2ccc(Br)cc2)N2CCc3ccccc3C2)cc1. The van der Waals surface area contributed by atoms with Gasteiger partial charge in [-0.1, -0.05) is 64.5 Å². The van der Waals surface area contributed by atoms with Crippen molar-refractivity contribution in [1.82, 2.24) is 4.90 Å².